The lowest BCUT2D eigenvalue weighted by Crippen LogP contribution is -2.45. The van der Waals surface area contributed by atoms with Crippen molar-refractivity contribution in [2.24, 2.45) is 7.05 Å². The maximum Gasteiger partial charge on any atom is 0.287 e. The van der Waals surface area contributed by atoms with Crippen LogP contribution in [0.25, 0.3) is 0 Å². The van der Waals surface area contributed by atoms with E-state index in [9.17, 15) is 9.18 Å². The molecule has 1 aliphatic heterocycles. The number of carbonyl (C=O) groups excluding carboxylic acids is 1. The molecule has 25 heavy (non-hydrogen) atoms. The van der Waals surface area contributed by atoms with Crippen LogP contribution in [0, 0.1) is 5.82 Å². The van der Waals surface area contributed by atoms with Crippen LogP contribution in [0.2, 0.25) is 0 Å². The minimum absolute atomic E-state index is 0.0694. The molecule has 0 bridgehead atoms. The Kier molecular flexibility index (Phi) is 5.03. The standard InChI is InChI=1S/C18H23FN4O2/c1-12-10-23(11-13(2)25-12)16-5-4-14(8-15(16)19)9-21-18(24)17-20-6-7-22(17)3/h4-8,12-13H,9-11H2,1-3H3,(H,21,24)/t12-,13-/m1/s1. The van der Waals surface area contributed by atoms with Gasteiger partial charge in [-0.25, -0.2) is 9.37 Å². The zero-order chi connectivity index (χ0) is 18.0. The first-order valence-corrected chi connectivity index (χ1v) is 8.38. The number of nitrogens with zero attached hydrogens (tertiary/aromatic N) is 3. The van der Waals surface area contributed by atoms with Crippen LogP contribution in [0.3, 0.4) is 0 Å². The fraction of sp³-hybridized carbons (Fsp3) is 0.444. The fourth-order valence-corrected chi connectivity index (χ4v) is 3.14. The average Bonchev–Trinajstić information content (AvgIpc) is 2.98. The second-order valence-corrected chi connectivity index (χ2v) is 6.49. The predicted molar refractivity (Wildman–Crippen MR) is 93.0 cm³/mol. The summed E-state index contributed by atoms with van der Waals surface area (Å²) >= 11 is 0. The summed E-state index contributed by atoms with van der Waals surface area (Å²) in [6, 6.07) is 5.07. The van der Waals surface area contributed by atoms with Crippen molar-refractivity contribution in [2.75, 3.05) is 18.0 Å². The van der Waals surface area contributed by atoms with E-state index in [4.69, 9.17) is 4.74 Å². The third kappa shape index (κ3) is 3.99. The summed E-state index contributed by atoms with van der Waals surface area (Å²) in [5.41, 5.74) is 1.28. The van der Waals surface area contributed by atoms with Crippen LogP contribution in [-0.4, -0.2) is 40.8 Å². The first-order chi connectivity index (χ1) is 11.9. The molecule has 6 nitrogen and oxygen atoms in total. The molecule has 1 saturated heterocycles. The summed E-state index contributed by atoms with van der Waals surface area (Å²) in [5, 5.41) is 2.76. The van der Waals surface area contributed by atoms with E-state index in [0.717, 1.165) is 0 Å². The highest BCUT2D eigenvalue weighted by atomic mass is 19.1. The quantitative estimate of drug-likeness (QED) is 0.921. The Morgan fingerprint density at radius 3 is 2.68 bits per heavy atom. The maximum absolute atomic E-state index is 14.5. The van der Waals surface area contributed by atoms with Crippen molar-refractivity contribution in [3.63, 3.8) is 0 Å². The highest BCUT2D eigenvalue weighted by molar-refractivity contribution is 5.90. The maximum atomic E-state index is 14.5. The first-order valence-electron chi connectivity index (χ1n) is 8.38. The Morgan fingerprint density at radius 2 is 2.08 bits per heavy atom. The Bertz CT molecular complexity index is 751. The number of hydrogen-bond donors (Lipinski definition) is 1. The van der Waals surface area contributed by atoms with E-state index in [1.165, 1.54) is 6.07 Å². The number of rotatable bonds is 4. The summed E-state index contributed by atoms with van der Waals surface area (Å²) in [6.07, 6.45) is 3.40. The number of amides is 1. The van der Waals surface area contributed by atoms with E-state index in [0.29, 0.717) is 30.2 Å². The molecule has 2 heterocycles. The molecule has 0 radical (unpaired) electrons. The zero-order valence-corrected chi connectivity index (χ0v) is 14.7. The summed E-state index contributed by atoms with van der Waals surface area (Å²) in [6.45, 7) is 5.55. The highest BCUT2D eigenvalue weighted by Crippen LogP contribution is 2.24. The van der Waals surface area contributed by atoms with Crippen LogP contribution in [-0.2, 0) is 18.3 Å². The van der Waals surface area contributed by atoms with Gasteiger partial charge in [-0.2, -0.15) is 0 Å². The number of nitrogens with one attached hydrogen (secondary N) is 1. The molecule has 1 aromatic carbocycles. The zero-order valence-electron chi connectivity index (χ0n) is 14.7. The van der Waals surface area contributed by atoms with Crippen LogP contribution in [0.5, 0.6) is 0 Å². The average molecular weight is 346 g/mol. The summed E-state index contributed by atoms with van der Waals surface area (Å²) < 4.78 is 21.9. The predicted octanol–water partition coefficient (Wildman–Crippen LogP) is 2.10. The van der Waals surface area contributed by atoms with Crippen LogP contribution >= 0.6 is 0 Å². The van der Waals surface area contributed by atoms with Crippen molar-refractivity contribution >= 4 is 11.6 Å². The molecule has 0 aliphatic carbocycles. The number of aryl methyl sites for hydroxylation is 1. The van der Waals surface area contributed by atoms with Crippen molar-refractivity contribution in [3.8, 4) is 0 Å². The van der Waals surface area contributed by atoms with Gasteiger partial charge in [0.25, 0.3) is 5.91 Å². The molecule has 1 aromatic heterocycles. The molecule has 7 heteroatoms. The van der Waals surface area contributed by atoms with Gasteiger partial charge in [0.1, 0.15) is 5.82 Å². The smallest absolute Gasteiger partial charge is 0.287 e. The van der Waals surface area contributed by atoms with Crippen molar-refractivity contribution in [1.82, 2.24) is 14.9 Å². The number of carbonyl (C=O) groups is 1. The number of anilines is 1. The van der Waals surface area contributed by atoms with Crippen LogP contribution in [0.1, 0.15) is 30.0 Å². The summed E-state index contributed by atoms with van der Waals surface area (Å²) in [7, 11) is 1.75. The van der Waals surface area contributed by atoms with Gasteiger partial charge >= 0.3 is 0 Å². The van der Waals surface area contributed by atoms with Gasteiger partial charge in [-0.05, 0) is 31.5 Å². The highest BCUT2D eigenvalue weighted by Gasteiger charge is 2.24. The number of morpholine rings is 1. The summed E-state index contributed by atoms with van der Waals surface area (Å²) in [5.74, 6) is -0.244. The van der Waals surface area contributed by atoms with E-state index < -0.39 is 0 Å². The lowest BCUT2D eigenvalue weighted by molar-refractivity contribution is -0.00539. The minimum atomic E-state index is -0.287. The number of hydrogen-bond acceptors (Lipinski definition) is 4. The Balaban J connectivity index is 1.66. The van der Waals surface area contributed by atoms with Gasteiger partial charge in [0.15, 0.2) is 5.82 Å². The Hall–Kier alpha value is -2.41. The molecule has 0 spiro atoms. The Labute approximate surface area is 146 Å². The molecule has 2 aromatic rings. The fourth-order valence-electron chi connectivity index (χ4n) is 3.14. The lowest BCUT2D eigenvalue weighted by Gasteiger charge is -2.37. The normalized spacial score (nSPS) is 20.6. The number of aromatic nitrogens is 2. The molecule has 0 unspecified atom stereocenters. The number of imidazole rings is 1. The van der Waals surface area contributed by atoms with Crippen molar-refractivity contribution in [3.05, 3.63) is 47.8 Å². The topological polar surface area (TPSA) is 59.4 Å². The third-order valence-electron chi connectivity index (χ3n) is 4.25. The second-order valence-electron chi connectivity index (χ2n) is 6.49. The van der Waals surface area contributed by atoms with Gasteiger partial charge in [0.2, 0.25) is 0 Å². The van der Waals surface area contributed by atoms with Crippen LogP contribution in [0.4, 0.5) is 10.1 Å². The molecule has 1 N–H and O–H groups in total. The largest absolute Gasteiger partial charge is 0.372 e. The van der Waals surface area contributed by atoms with E-state index in [-0.39, 0.29) is 30.5 Å². The first kappa shape index (κ1) is 17.4. The van der Waals surface area contributed by atoms with E-state index in [1.54, 1.807) is 30.1 Å². The molecule has 1 aliphatic rings. The van der Waals surface area contributed by atoms with Gasteiger partial charge in [0, 0.05) is 39.1 Å². The molecule has 1 fully saturated rings. The molecule has 2 atom stereocenters. The van der Waals surface area contributed by atoms with Gasteiger partial charge < -0.3 is 19.5 Å². The monoisotopic (exact) mass is 346 g/mol. The molecular formula is C18H23FN4O2. The van der Waals surface area contributed by atoms with E-state index >= 15 is 0 Å². The second kappa shape index (κ2) is 7.23. The van der Waals surface area contributed by atoms with E-state index in [2.05, 4.69) is 10.3 Å². The molecule has 3 rings (SSSR count). The molecule has 134 valence electrons. The number of benzene rings is 1. The van der Waals surface area contributed by atoms with Gasteiger partial charge in [-0.15, -0.1) is 0 Å². The molecule has 0 saturated carbocycles. The number of ether oxygens (including phenoxy) is 1. The Morgan fingerprint density at radius 1 is 1.36 bits per heavy atom. The van der Waals surface area contributed by atoms with Crippen molar-refractivity contribution in [2.45, 2.75) is 32.6 Å². The van der Waals surface area contributed by atoms with Crippen LogP contribution < -0.4 is 10.2 Å². The van der Waals surface area contributed by atoms with Gasteiger partial charge in [-0.3, -0.25) is 4.79 Å². The van der Waals surface area contributed by atoms with E-state index in [1.807, 2.05) is 24.8 Å². The SMILES string of the molecule is C[C@@H]1CN(c2ccc(CNC(=O)c3nccn3C)cc2F)C[C@@H](C)O1. The minimum Gasteiger partial charge on any atom is -0.372 e. The van der Waals surface area contributed by atoms with Crippen molar-refractivity contribution < 1.29 is 13.9 Å². The van der Waals surface area contributed by atoms with Crippen molar-refractivity contribution in [1.29, 1.82) is 0 Å². The van der Waals surface area contributed by atoms with Crippen LogP contribution in [0.15, 0.2) is 30.6 Å². The third-order valence-corrected chi connectivity index (χ3v) is 4.25. The molecule has 1 amide bonds. The van der Waals surface area contributed by atoms with Gasteiger partial charge in [-0.1, -0.05) is 6.07 Å². The summed E-state index contributed by atoms with van der Waals surface area (Å²) in [4.78, 5) is 18.1. The number of halogens is 1. The lowest BCUT2D eigenvalue weighted by atomic mass is 10.1. The van der Waals surface area contributed by atoms with Gasteiger partial charge in [0.05, 0.1) is 17.9 Å². The molecular weight excluding hydrogens is 323 g/mol.